The molecule has 2 aromatic rings. The minimum atomic E-state index is -0.0829. The fraction of sp³-hybridized carbons (Fsp3) is 0.500. The average Bonchev–Trinajstić information content (AvgIpc) is 3.24. The van der Waals surface area contributed by atoms with E-state index in [0.717, 1.165) is 11.7 Å². The molecule has 1 aliphatic rings. The number of imide groups is 1. The summed E-state index contributed by atoms with van der Waals surface area (Å²) in [5.41, 5.74) is 0. The number of nitrogens with zero attached hydrogens (tertiary/aromatic N) is 4. The average molecular weight is 348 g/mol. The van der Waals surface area contributed by atoms with Gasteiger partial charge in [-0.25, -0.2) is 0 Å². The van der Waals surface area contributed by atoms with Crippen molar-refractivity contribution in [1.82, 2.24) is 19.7 Å². The summed E-state index contributed by atoms with van der Waals surface area (Å²) in [4.78, 5) is 24.6. The van der Waals surface area contributed by atoms with E-state index in [0.29, 0.717) is 42.6 Å². The third-order valence-electron chi connectivity index (χ3n) is 3.71. The van der Waals surface area contributed by atoms with Gasteiger partial charge >= 0.3 is 0 Å². The molecule has 0 unspecified atom stereocenters. The molecule has 24 heavy (non-hydrogen) atoms. The zero-order valence-electron chi connectivity index (χ0n) is 13.8. The number of rotatable bonds is 7. The largest absolute Gasteiger partial charge is 0.461 e. The predicted molar refractivity (Wildman–Crippen MR) is 89.2 cm³/mol. The third kappa shape index (κ3) is 3.53. The molecule has 3 rings (SSSR count). The van der Waals surface area contributed by atoms with Crippen molar-refractivity contribution < 1.29 is 14.0 Å². The van der Waals surface area contributed by atoms with Crippen molar-refractivity contribution in [2.75, 3.05) is 12.3 Å². The Kier molecular flexibility index (Phi) is 5.03. The van der Waals surface area contributed by atoms with Crippen LogP contribution in [0, 0.1) is 5.92 Å². The predicted octanol–water partition coefficient (Wildman–Crippen LogP) is 2.44. The molecule has 0 radical (unpaired) electrons. The van der Waals surface area contributed by atoms with Crippen molar-refractivity contribution in [2.24, 2.45) is 5.92 Å². The molecule has 0 saturated carbocycles. The van der Waals surface area contributed by atoms with Crippen LogP contribution in [-0.2, 0) is 16.1 Å². The van der Waals surface area contributed by atoms with Crippen molar-refractivity contribution in [2.45, 2.75) is 38.4 Å². The van der Waals surface area contributed by atoms with Gasteiger partial charge < -0.3 is 4.42 Å². The standard InChI is InChI=1S/C16H20N4O3S/c1-11(2)10-20-15(12-4-3-8-23-12)17-18-16(20)24-9-7-19-13(21)5-6-14(19)22/h3-4,8,11H,5-7,9-10H2,1-2H3. The van der Waals surface area contributed by atoms with Gasteiger partial charge in [0.2, 0.25) is 11.8 Å². The maximum absolute atomic E-state index is 11.6. The molecule has 1 fully saturated rings. The summed E-state index contributed by atoms with van der Waals surface area (Å²) in [5.74, 6) is 2.24. The van der Waals surface area contributed by atoms with Crippen molar-refractivity contribution in [3.8, 4) is 11.6 Å². The number of carbonyl (C=O) groups is 2. The molecule has 0 N–H and O–H groups in total. The van der Waals surface area contributed by atoms with Crippen LogP contribution in [0.15, 0.2) is 28.0 Å². The zero-order valence-corrected chi connectivity index (χ0v) is 14.6. The molecule has 0 atom stereocenters. The lowest BCUT2D eigenvalue weighted by molar-refractivity contribution is -0.137. The lowest BCUT2D eigenvalue weighted by Crippen LogP contribution is -2.31. The Morgan fingerprint density at radius 2 is 2.00 bits per heavy atom. The number of furan rings is 1. The first-order valence-electron chi connectivity index (χ1n) is 7.99. The number of aromatic nitrogens is 3. The van der Waals surface area contributed by atoms with Gasteiger partial charge in [0, 0.05) is 31.7 Å². The van der Waals surface area contributed by atoms with Crippen LogP contribution in [0.2, 0.25) is 0 Å². The molecule has 2 amide bonds. The summed E-state index contributed by atoms with van der Waals surface area (Å²) in [6.07, 6.45) is 2.27. The molecular weight excluding hydrogens is 328 g/mol. The summed E-state index contributed by atoms with van der Waals surface area (Å²) >= 11 is 1.50. The SMILES string of the molecule is CC(C)Cn1c(SCCN2C(=O)CCC2=O)nnc1-c1ccco1. The highest BCUT2D eigenvalue weighted by Crippen LogP contribution is 2.26. The van der Waals surface area contributed by atoms with Crippen LogP contribution in [0.3, 0.4) is 0 Å². The van der Waals surface area contributed by atoms with E-state index in [4.69, 9.17) is 4.42 Å². The molecular formula is C16H20N4O3S. The van der Waals surface area contributed by atoms with Gasteiger partial charge in [0.15, 0.2) is 16.7 Å². The van der Waals surface area contributed by atoms with Crippen molar-refractivity contribution in [3.05, 3.63) is 18.4 Å². The van der Waals surface area contributed by atoms with E-state index in [1.54, 1.807) is 6.26 Å². The van der Waals surface area contributed by atoms with Crippen LogP contribution in [-0.4, -0.2) is 43.8 Å². The van der Waals surface area contributed by atoms with Gasteiger partial charge in [0.05, 0.1) is 6.26 Å². The first-order chi connectivity index (χ1) is 11.6. The number of amides is 2. The van der Waals surface area contributed by atoms with Gasteiger partial charge in [-0.15, -0.1) is 10.2 Å². The zero-order chi connectivity index (χ0) is 17.1. The quantitative estimate of drug-likeness (QED) is 0.565. The van der Waals surface area contributed by atoms with E-state index in [9.17, 15) is 9.59 Å². The molecule has 128 valence electrons. The van der Waals surface area contributed by atoms with Crippen LogP contribution in [0.4, 0.5) is 0 Å². The van der Waals surface area contributed by atoms with E-state index in [1.807, 2.05) is 16.7 Å². The number of likely N-dealkylation sites (tertiary alicyclic amines) is 1. The molecule has 1 saturated heterocycles. The Hall–Kier alpha value is -2.09. The second-order valence-electron chi connectivity index (χ2n) is 6.08. The normalized spacial score (nSPS) is 15.0. The maximum Gasteiger partial charge on any atom is 0.229 e. The first kappa shape index (κ1) is 16.8. The summed E-state index contributed by atoms with van der Waals surface area (Å²) in [6.45, 7) is 5.43. The van der Waals surface area contributed by atoms with Crippen molar-refractivity contribution in [3.63, 3.8) is 0 Å². The summed E-state index contributed by atoms with van der Waals surface area (Å²) in [5, 5.41) is 9.27. The number of hydrogen-bond acceptors (Lipinski definition) is 6. The van der Waals surface area contributed by atoms with Crippen LogP contribution < -0.4 is 0 Å². The van der Waals surface area contributed by atoms with Crippen molar-refractivity contribution in [1.29, 1.82) is 0 Å². The Bertz CT molecular complexity index is 708. The Morgan fingerprint density at radius 1 is 1.25 bits per heavy atom. The van der Waals surface area contributed by atoms with E-state index in [-0.39, 0.29) is 11.8 Å². The molecule has 7 nitrogen and oxygen atoms in total. The second kappa shape index (κ2) is 7.21. The van der Waals surface area contributed by atoms with Crippen LogP contribution in [0.25, 0.3) is 11.6 Å². The number of thioether (sulfide) groups is 1. The third-order valence-corrected chi connectivity index (χ3v) is 4.65. The van der Waals surface area contributed by atoms with Crippen molar-refractivity contribution >= 4 is 23.6 Å². The van der Waals surface area contributed by atoms with Gasteiger partial charge in [-0.05, 0) is 18.1 Å². The highest BCUT2D eigenvalue weighted by Gasteiger charge is 2.28. The Morgan fingerprint density at radius 3 is 2.62 bits per heavy atom. The highest BCUT2D eigenvalue weighted by molar-refractivity contribution is 7.99. The second-order valence-corrected chi connectivity index (χ2v) is 7.14. The minimum Gasteiger partial charge on any atom is -0.461 e. The van der Waals surface area contributed by atoms with Crippen LogP contribution in [0.5, 0.6) is 0 Å². The lowest BCUT2D eigenvalue weighted by atomic mass is 10.2. The fourth-order valence-electron chi connectivity index (χ4n) is 2.61. The van der Waals surface area contributed by atoms with Gasteiger partial charge in [0.1, 0.15) is 0 Å². The van der Waals surface area contributed by atoms with E-state index in [2.05, 4.69) is 24.0 Å². The minimum absolute atomic E-state index is 0.0829. The fourth-order valence-corrected chi connectivity index (χ4v) is 3.49. The molecule has 2 aromatic heterocycles. The molecule has 0 spiro atoms. The molecule has 3 heterocycles. The van der Waals surface area contributed by atoms with Gasteiger partial charge in [-0.3, -0.25) is 19.1 Å². The van der Waals surface area contributed by atoms with E-state index < -0.39 is 0 Å². The van der Waals surface area contributed by atoms with Gasteiger partial charge in [-0.1, -0.05) is 25.6 Å². The molecule has 0 bridgehead atoms. The topological polar surface area (TPSA) is 81.2 Å². The monoisotopic (exact) mass is 348 g/mol. The Labute approximate surface area is 144 Å². The molecule has 0 aliphatic carbocycles. The lowest BCUT2D eigenvalue weighted by Gasteiger charge is -2.14. The smallest absolute Gasteiger partial charge is 0.229 e. The maximum atomic E-state index is 11.6. The number of hydrogen-bond donors (Lipinski definition) is 0. The summed E-state index contributed by atoms with van der Waals surface area (Å²) in [6, 6.07) is 3.68. The Balaban J connectivity index is 1.71. The highest BCUT2D eigenvalue weighted by atomic mass is 32.2. The summed E-state index contributed by atoms with van der Waals surface area (Å²) < 4.78 is 7.47. The van der Waals surface area contributed by atoms with E-state index in [1.165, 1.54) is 16.7 Å². The molecule has 1 aliphatic heterocycles. The van der Waals surface area contributed by atoms with Crippen LogP contribution >= 0.6 is 11.8 Å². The molecule has 8 heteroatoms. The summed E-state index contributed by atoms with van der Waals surface area (Å²) in [7, 11) is 0. The van der Waals surface area contributed by atoms with Gasteiger partial charge in [-0.2, -0.15) is 0 Å². The molecule has 0 aromatic carbocycles. The number of carbonyl (C=O) groups excluding carboxylic acids is 2. The van der Waals surface area contributed by atoms with Crippen LogP contribution in [0.1, 0.15) is 26.7 Å². The first-order valence-corrected chi connectivity index (χ1v) is 8.98. The van der Waals surface area contributed by atoms with Gasteiger partial charge in [0.25, 0.3) is 0 Å². The van der Waals surface area contributed by atoms with E-state index >= 15 is 0 Å².